The number of halogens is 1. The number of Topliss-reactive ketones (excluding diaryl/α,β-unsaturated/α-hetero) is 1. The van der Waals surface area contributed by atoms with Crippen LogP contribution in [-0.2, 0) is 13.1 Å². The van der Waals surface area contributed by atoms with Crippen LogP contribution >= 0.6 is 0 Å². The van der Waals surface area contributed by atoms with Crippen LogP contribution in [0, 0.1) is 5.82 Å². The normalized spacial score (nSPS) is 18.0. The SMILES string of the molecule is COc1ccc(CN2CCN(Cc3cccc(C(C)=O)c3)CC2CCO)c(F)c1. The molecule has 1 fully saturated rings. The maximum absolute atomic E-state index is 14.4. The lowest BCUT2D eigenvalue weighted by molar-refractivity contribution is 0.0493. The highest BCUT2D eigenvalue weighted by atomic mass is 19.1. The van der Waals surface area contributed by atoms with Crippen molar-refractivity contribution < 1.29 is 19.0 Å². The van der Waals surface area contributed by atoms with Crippen LogP contribution < -0.4 is 4.74 Å². The van der Waals surface area contributed by atoms with Crippen molar-refractivity contribution in [2.45, 2.75) is 32.5 Å². The van der Waals surface area contributed by atoms with Crippen molar-refractivity contribution in [3.63, 3.8) is 0 Å². The van der Waals surface area contributed by atoms with E-state index in [1.165, 1.54) is 13.2 Å². The summed E-state index contributed by atoms with van der Waals surface area (Å²) in [5.41, 5.74) is 2.47. The van der Waals surface area contributed by atoms with E-state index in [-0.39, 0.29) is 24.2 Å². The molecule has 0 radical (unpaired) electrons. The van der Waals surface area contributed by atoms with E-state index in [4.69, 9.17) is 4.74 Å². The number of methoxy groups -OCH3 is 1. The van der Waals surface area contributed by atoms with Gasteiger partial charge in [-0.15, -0.1) is 0 Å². The molecule has 2 aromatic carbocycles. The molecule has 6 heteroatoms. The third-order valence-electron chi connectivity index (χ3n) is 5.52. The quantitative estimate of drug-likeness (QED) is 0.690. The summed E-state index contributed by atoms with van der Waals surface area (Å²) in [6, 6.07) is 12.8. The molecule has 0 spiro atoms. The van der Waals surface area contributed by atoms with Crippen LogP contribution in [0.15, 0.2) is 42.5 Å². The number of ketones is 1. The van der Waals surface area contributed by atoms with Crippen molar-refractivity contribution in [2.24, 2.45) is 0 Å². The Morgan fingerprint density at radius 3 is 2.72 bits per heavy atom. The van der Waals surface area contributed by atoms with Gasteiger partial charge in [0.05, 0.1) is 7.11 Å². The van der Waals surface area contributed by atoms with E-state index in [9.17, 15) is 14.3 Å². The molecule has 1 aliphatic rings. The Balaban J connectivity index is 1.66. The molecule has 5 nitrogen and oxygen atoms in total. The minimum atomic E-state index is -0.268. The van der Waals surface area contributed by atoms with Gasteiger partial charge in [0.25, 0.3) is 0 Å². The zero-order valence-corrected chi connectivity index (χ0v) is 17.1. The summed E-state index contributed by atoms with van der Waals surface area (Å²) in [4.78, 5) is 16.2. The molecule has 3 rings (SSSR count). The van der Waals surface area contributed by atoms with Crippen molar-refractivity contribution in [2.75, 3.05) is 33.4 Å². The van der Waals surface area contributed by atoms with E-state index in [0.717, 1.165) is 37.3 Å². The number of aliphatic hydroxyl groups is 1. The Kier molecular flexibility index (Phi) is 7.36. The number of rotatable bonds is 8. The van der Waals surface area contributed by atoms with Crippen molar-refractivity contribution in [1.29, 1.82) is 0 Å². The molecule has 2 aromatic rings. The highest BCUT2D eigenvalue weighted by Gasteiger charge is 2.27. The topological polar surface area (TPSA) is 53.0 Å². The van der Waals surface area contributed by atoms with Gasteiger partial charge in [0.15, 0.2) is 5.78 Å². The van der Waals surface area contributed by atoms with E-state index < -0.39 is 0 Å². The second-order valence-electron chi connectivity index (χ2n) is 7.59. The first-order valence-electron chi connectivity index (χ1n) is 9.99. The fraction of sp³-hybridized carbons (Fsp3) is 0.435. The van der Waals surface area contributed by atoms with E-state index in [1.54, 1.807) is 19.1 Å². The van der Waals surface area contributed by atoms with Crippen LogP contribution in [0.5, 0.6) is 5.75 Å². The molecule has 1 saturated heterocycles. The zero-order chi connectivity index (χ0) is 20.8. The van der Waals surface area contributed by atoms with Crippen molar-refractivity contribution in [1.82, 2.24) is 9.80 Å². The standard InChI is InChI=1S/C23H29FN2O3/c1-17(28)19-5-3-4-18(12-19)14-25-9-10-26(21(16-25)8-11-27)15-20-6-7-22(29-2)13-23(20)24/h3-7,12-13,21,27H,8-11,14-16H2,1-2H3. The molecule has 1 atom stereocenters. The predicted molar refractivity (Wildman–Crippen MR) is 111 cm³/mol. The average Bonchev–Trinajstić information content (AvgIpc) is 2.71. The number of carbonyl (C=O) groups is 1. The lowest BCUT2D eigenvalue weighted by atomic mass is 10.0. The number of hydrogen-bond donors (Lipinski definition) is 1. The molecular formula is C23H29FN2O3. The Morgan fingerprint density at radius 1 is 1.21 bits per heavy atom. The van der Waals surface area contributed by atoms with Crippen molar-refractivity contribution in [3.05, 3.63) is 65.0 Å². The molecule has 0 saturated carbocycles. The third-order valence-corrected chi connectivity index (χ3v) is 5.52. The summed E-state index contributed by atoms with van der Waals surface area (Å²) in [5, 5.41) is 9.53. The summed E-state index contributed by atoms with van der Waals surface area (Å²) < 4.78 is 19.5. The smallest absolute Gasteiger partial charge is 0.159 e. The first kappa shape index (κ1) is 21.4. The lowest BCUT2D eigenvalue weighted by Crippen LogP contribution is -2.52. The van der Waals surface area contributed by atoms with E-state index in [1.807, 2.05) is 24.3 Å². The lowest BCUT2D eigenvalue weighted by Gasteiger charge is -2.41. The first-order chi connectivity index (χ1) is 14.0. The van der Waals surface area contributed by atoms with Gasteiger partial charge in [-0.3, -0.25) is 14.6 Å². The Hall–Kier alpha value is -2.28. The number of aliphatic hydroxyl groups excluding tert-OH is 1. The van der Waals surface area contributed by atoms with Gasteiger partial charge in [-0.25, -0.2) is 4.39 Å². The van der Waals surface area contributed by atoms with Gasteiger partial charge in [-0.2, -0.15) is 0 Å². The molecule has 0 aromatic heterocycles. The van der Waals surface area contributed by atoms with Crippen LogP contribution in [0.25, 0.3) is 0 Å². The van der Waals surface area contributed by atoms with Gasteiger partial charge in [-0.1, -0.05) is 24.3 Å². The highest BCUT2D eigenvalue weighted by Crippen LogP contribution is 2.22. The summed E-state index contributed by atoms with van der Waals surface area (Å²) in [6.45, 7) is 5.38. The summed E-state index contributed by atoms with van der Waals surface area (Å²) in [7, 11) is 1.52. The third kappa shape index (κ3) is 5.63. The number of benzene rings is 2. The van der Waals surface area contributed by atoms with Crippen LogP contribution in [0.3, 0.4) is 0 Å². The number of carbonyl (C=O) groups excluding carboxylic acids is 1. The van der Waals surface area contributed by atoms with Gasteiger partial charge in [0, 0.05) is 62.6 Å². The molecule has 1 unspecified atom stereocenters. The van der Waals surface area contributed by atoms with E-state index >= 15 is 0 Å². The monoisotopic (exact) mass is 400 g/mol. The van der Waals surface area contributed by atoms with Crippen LogP contribution in [0.2, 0.25) is 0 Å². The summed E-state index contributed by atoms with van der Waals surface area (Å²) in [6.07, 6.45) is 0.641. The molecule has 1 aliphatic heterocycles. The molecule has 0 aliphatic carbocycles. The number of piperazine rings is 1. The predicted octanol–water partition coefficient (Wildman–Crippen LogP) is 3.11. The second kappa shape index (κ2) is 9.96. The number of hydrogen-bond acceptors (Lipinski definition) is 5. The van der Waals surface area contributed by atoms with Crippen LogP contribution in [-0.4, -0.2) is 60.1 Å². The maximum atomic E-state index is 14.4. The van der Waals surface area contributed by atoms with Gasteiger partial charge in [0.1, 0.15) is 11.6 Å². The molecular weight excluding hydrogens is 371 g/mol. The summed E-state index contributed by atoms with van der Waals surface area (Å²) >= 11 is 0. The van der Waals surface area contributed by atoms with Gasteiger partial charge < -0.3 is 9.84 Å². The maximum Gasteiger partial charge on any atom is 0.159 e. The zero-order valence-electron chi connectivity index (χ0n) is 17.1. The Morgan fingerprint density at radius 2 is 2.03 bits per heavy atom. The second-order valence-corrected chi connectivity index (χ2v) is 7.59. The first-order valence-corrected chi connectivity index (χ1v) is 9.99. The average molecular weight is 400 g/mol. The van der Waals surface area contributed by atoms with Gasteiger partial charge in [0.2, 0.25) is 0 Å². The molecule has 1 N–H and O–H groups in total. The molecule has 1 heterocycles. The Bertz CT molecular complexity index is 843. The molecule has 0 bridgehead atoms. The Labute approximate surface area is 171 Å². The van der Waals surface area contributed by atoms with Gasteiger partial charge in [-0.05, 0) is 31.0 Å². The van der Waals surface area contributed by atoms with Crippen molar-refractivity contribution >= 4 is 5.78 Å². The number of ether oxygens (including phenoxy) is 1. The molecule has 29 heavy (non-hydrogen) atoms. The summed E-state index contributed by atoms with van der Waals surface area (Å²) in [5.74, 6) is 0.308. The molecule has 0 amide bonds. The largest absolute Gasteiger partial charge is 0.497 e. The minimum absolute atomic E-state index is 0.0661. The molecule has 156 valence electrons. The minimum Gasteiger partial charge on any atom is -0.497 e. The van der Waals surface area contributed by atoms with Crippen LogP contribution in [0.4, 0.5) is 4.39 Å². The fourth-order valence-corrected chi connectivity index (χ4v) is 3.88. The van der Waals surface area contributed by atoms with Crippen LogP contribution in [0.1, 0.15) is 34.8 Å². The van der Waals surface area contributed by atoms with Crippen molar-refractivity contribution in [3.8, 4) is 5.75 Å². The van der Waals surface area contributed by atoms with E-state index in [2.05, 4.69) is 9.80 Å². The van der Waals surface area contributed by atoms with Gasteiger partial charge >= 0.3 is 0 Å². The fourth-order valence-electron chi connectivity index (χ4n) is 3.88. The highest BCUT2D eigenvalue weighted by molar-refractivity contribution is 5.94. The number of nitrogens with zero attached hydrogens (tertiary/aromatic N) is 2. The van der Waals surface area contributed by atoms with E-state index in [0.29, 0.717) is 24.3 Å².